The van der Waals surface area contributed by atoms with Gasteiger partial charge in [-0.3, -0.25) is 4.79 Å². The molecule has 0 aromatic heterocycles. The van der Waals surface area contributed by atoms with Crippen molar-refractivity contribution in [1.82, 2.24) is 4.90 Å². The van der Waals surface area contributed by atoms with E-state index in [9.17, 15) is 13.6 Å². The zero-order valence-electron chi connectivity index (χ0n) is 10.5. The molecular formula is C12H16F2N2O3. The van der Waals surface area contributed by atoms with Crippen LogP contribution < -0.4 is 10.5 Å². The molecule has 1 rings (SSSR count). The maximum atomic E-state index is 12.4. The van der Waals surface area contributed by atoms with E-state index in [1.54, 1.807) is 12.1 Å². The van der Waals surface area contributed by atoms with Gasteiger partial charge >= 0.3 is 0 Å². The summed E-state index contributed by atoms with van der Waals surface area (Å²) >= 11 is 0. The lowest BCUT2D eigenvalue weighted by Crippen LogP contribution is -2.37. The molecule has 0 fully saturated rings. The number of nitrogens with two attached hydrogens (primary N) is 1. The number of hydrogen-bond donors (Lipinski definition) is 2. The molecule has 0 atom stereocenters. The van der Waals surface area contributed by atoms with E-state index in [4.69, 9.17) is 15.6 Å². The van der Waals surface area contributed by atoms with Gasteiger partial charge in [-0.05, 0) is 12.1 Å². The van der Waals surface area contributed by atoms with Gasteiger partial charge in [-0.1, -0.05) is 6.07 Å². The zero-order chi connectivity index (χ0) is 14.4. The molecule has 0 aliphatic heterocycles. The maximum Gasteiger partial charge on any atom is 0.256 e. The van der Waals surface area contributed by atoms with Crippen LogP contribution in [0.15, 0.2) is 18.2 Å². The maximum absolute atomic E-state index is 12.4. The molecule has 0 spiro atoms. The third-order valence-corrected chi connectivity index (χ3v) is 2.53. The Balaban J connectivity index is 3.02. The van der Waals surface area contributed by atoms with Crippen molar-refractivity contribution in [3.63, 3.8) is 0 Å². The second-order valence-electron chi connectivity index (χ2n) is 3.79. The van der Waals surface area contributed by atoms with E-state index in [-0.39, 0.29) is 17.8 Å². The van der Waals surface area contributed by atoms with Crippen LogP contribution in [0.2, 0.25) is 0 Å². The van der Waals surface area contributed by atoms with Crippen molar-refractivity contribution in [1.29, 1.82) is 0 Å². The number of carbonyl (C=O) groups excluding carboxylic acids is 1. The summed E-state index contributed by atoms with van der Waals surface area (Å²) in [7, 11) is 1.39. The summed E-state index contributed by atoms with van der Waals surface area (Å²) in [6, 6.07) is 4.54. The molecule has 0 saturated carbocycles. The van der Waals surface area contributed by atoms with Crippen molar-refractivity contribution >= 4 is 11.6 Å². The number of para-hydroxylation sites is 1. The van der Waals surface area contributed by atoms with Gasteiger partial charge < -0.3 is 20.5 Å². The van der Waals surface area contributed by atoms with E-state index in [1.165, 1.54) is 13.2 Å². The number of anilines is 1. The van der Waals surface area contributed by atoms with Gasteiger partial charge in [-0.15, -0.1) is 0 Å². The summed E-state index contributed by atoms with van der Waals surface area (Å²) in [5.74, 6) is -0.363. The van der Waals surface area contributed by atoms with Crippen LogP contribution in [0.25, 0.3) is 0 Å². The average molecular weight is 274 g/mol. The Morgan fingerprint density at radius 1 is 1.53 bits per heavy atom. The molecule has 7 heteroatoms. The molecular weight excluding hydrogens is 258 g/mol. The molecule has 19 heavy (non-hydrogen) atoms. The Morgan fingerprint density at radius 3 is 2.74 bits per heavy atom. The third-order valence-electron chi connectivity index (χ3n) is 2.53. The molecule has 0 saturated heterocycles. The minimum atomic E-state index is -2.68. The van der Waals surface area contributed by atoms with Gasteiger partial charge in [0.05, 0.1) is 31.5 Å². The summed E-state index contributed by atoms with van der Waals surface area (Å²) < 4.78 is 29.8. The van der Waals surface area contributed by atoms with Gasteiger partial charge in [0.1, 0.15) is 5.75 Å². The summed E-state index contributed by atoms with van der Waals surface area (Å²) in [6.45, 7) is -1.34. The van der Waals surface area contributed by atoms with Gasteiger partial charge in [0.25, 0.3) is 12.3 Å². The van der Waals surface area contributed by atoms with Crippen molar-refractivity contribution in [2.45, 2.75) is 6.43 Å². The van der Waals surface area contributed by atoms with Crippen molar-refractivity contribution in [3.8, 4) is 5.75 Å². The van der Waals surface area contributed by atoms with Gasteiger partial charge in [-0.25, -0.2) is 8.78 Å². The Bertz CT molecular complexity index is 441. The van der Waals surface area contributed by atoms with E-state index >= 15 is 0 Å². The van der Waals surface area contributed by atoms with Crippen LogP contribution in [0.3, 0.4) is 0 Å². The first-order chi connectivity index (χ1) is 9.01. The second kappa shape index (κ2) is 6.89. The molecule has 0 unspecified atom stereocenters. The number of carbonyl (C=O) groups is 1. The van der Waals surface area contributed by atoms with E-state index in [2.05, 4.69) is 0 Å². The van der Waals surface area contributed by atoms with Gasteiger partial charge in [0.2, 0.25) is 0 Å². The van der Waals surface area contributed by atoms with Crippen LogP contribution in [0, 0.1) is 0 Å². The van der Waals surface area contributed by atoms with Crippen LogP contribution in [0.1, 0.15) is 10.4 Å². The quantitative estimate of drug-likeness (QED) is 0.758. The number of aliphatic hydroxyl groups excluding tert-OH is 1. The Labute approximate surface area is 109 Å². The normalized spacial score (nSPS) is 10.6. The highest BCUT2D eigenvalue weighted by Gasteiger charge is 2.22. The number of nitrogens with zero attached hydrogens (tertiary/aromatic N) is 1. The number of rotatable bonds is 6. The molecule has 0 aliphatic rings. The molecule has 1 amide bonds. The number of methoxy groups -OCH3 is 1. The standard InChI is InChI=1S/C12H16F2N2O3/c1-19-9-4-2-3-8(11(9)15)12(18)16(5-6-17)7-10(13)14/h2-4,10,17H,5-7,15H2,1H3. The molecule has 0 radical (unpaired) electrons. The van der Waals surface area contributed by atoms with Gasteiger partial charge in [0.15, 0.2) is 0 Å². The Hall–Kier alpha value is -1.89. The van der Waals surface area contributed by atoms with E-state index in [0.29, 0.717) is 5.75 Å². The molecule has 5 nitrogen and oxygen atoms in total. The lowest BCUT2D eigenvalue weighted by molar-refractivity contribution is 0.0510. The summed E-state index contributed by atoms with van der Waals surface area (Å²) in [5.41, 5.74) is 5.90. The predicted octanol–water partition coefficient (Wildman–Crippen LogP) is 0.977. The predicted molar refractivity (Wildman–Crippen MR) is 66.4 cm³/mol. The smallest absolute Gasteiger partial charge is 0.256 e. The number of nitrogen functional groups attached to an aromatic ring is 1. The number of alkyl halides is 2. The summed E-state index contributed by atoms with van der Waals surface area (Å²) in [4.78, 5) is 13.0. The number of hydrogen-bond acceptors (Lipinski definition) is 4. The molecule has 0 heterocycles. The van der Waals surface area contributed by atoms with E-state index in [1.807, 2.05) is 0 Å². The minimum absolute atomic E-state index is 0.0773. The van der Waals surface area contributed by atoms with Crippen LogP contribution in [-0.2, 0) is 0 Å². The highest BCUT2D eigenvalue weighted by atomic mass is 19.3. The minimum Gasteiger partial charge on any atom is -0.495 e. The lowest BCUT2D eigenvalue weighted by Gasteiger charge is -2.22. The molecule has 106 valence electrons. The van der Waals surface area contributed by atoms with E-state index < -0.39 is 25.5 Å². The number of halogens is 2. The molecule has 0 bridgehead atoms. The van der Waals surface area contributed by atoms with Crippen molar-refractivity contribution in [2.24, 2.45) is 0 Å². The first-order valence-electron chi connectivity index (χ1n) is 5.62. The van der Waals surface area contributed by atoms with Crippen LogP contribution >= 0.6 is 0 Å². The molecule has 1 aromatic rings. The highest BCUT2D eigenvalue weighted by molar-refractivity contribution is 6.00. The first kappa shape index (κ1) is 15.2. The van der Waals surface area contributed by atoms with Crippen molar-refractivity contribution < 1.29 is 23.4 Å². The highest BCUT2D eigenvalue weighted by Crippen LogP contribution is 2.25. The SMILES string of the molecule is COc1cccc(C(=O)N(CCO)CC(F)F)c1N. The van der Waals surface area contributed by atoms with Crippen LogP contribution in [-0.4, -0.2) is 49.1 Å². The van der Waals surface area contributed by atoms with Crippen LogP contribution in [0.4, 0.5) is 14.5 Å². The Morgan fingerprint density at radius 2 is 2.21 bits per heavy atom. The summed E-state index contributed by atoms with van der Waals surface area (Å²) in [5, 5.41) is 8.82. The third kappa shape index (κ3) is 3.78. The lowest BCUT2D eigenvalue weighted by atomic mass is 10.1. The fraction of sp³-hybridized carbons (Fsp3) is 0.417. The van der Waals surface area contributed by atoms with Crippen LogP contribution in [0.5, 0.6) is 5.75 Å². The number of ether oxygens (including phenoxy) is 1. The van der Waals surface area contributed by atoms with E-state index in [0.717, 1.165) is 4.90 Å². The molecule has 0 aliphatic carbocycles. The zero-order valence-corrected chi connectivity index (χ0v) is 10.5. The topological polar surface area (TPSA) is 75.8 Å². The number of amides is 1. The first-order valence-corrected chi connectivity index (χ1v) is 5.62. The van der Waals surface area contributed by atoms with Gasteiger partial charge in [0, 0.05) is 6.54 Å². The summed E-state index contributed by atoms with van der Waals surface area (Å²) in [6.07, 6.45) is -2.68. The largest absolute Gasteiger partial charge is 0.495 e. The number of benzene rings is 1. The average Bonchev–Trinajstić information content (AvgIpc) is 2.37. The van der Waals surface area contributed by atoms with Crippen molar-refractivity contribution in [2.75, 3.05) is 32.5 Å². The molecule has 3 N–H and O–H groups in total. The Kier molecular flexibility index (Phi) is 5.50. The van der Waals surface area contributed by atoms with Gasteiger partial charge in [-0.2, -0.15) is 0 Å². The fourth-order valence-electron chi connectivity index (χ4n) is 1.64. The number of aliphatic hydroxyl groups is 1. The van der Waals surface area contributed by atoms with Crippen molar-refractivity contribution in [3.05, 3.63) is 23.8 Å². The monoisotopic (exact) mass is 274 g/mol. The fourth-order valence-corrected chi connectivity index (χ4v) is 1.64. The molecule has 1 aromatic carbocycles. The second-order valence-corrected chi connectivity index (χ2v) is 3.79.